The second-order valence-corrected chi connectivity index (χ2v) is 5.98. The van der Waals surface area contributed by atoms with E-state index in [0.717, 1.165) is 17.2 Å². The molecule has 1 aromatic rings. The van der Waals surface area contributed by atoms with Crippen LogP contribution in [0.2, 0.25) is 5.15 Å². The third-order valence-corrected chi connectivity index (χ3v) is 2.98. The quantitative estimate of drug-likeness (QED) is 0.827. The molecule has 0 saturated heterocycles. The fraction of sp³-hybridized carbons (Fsp3) is 0.692. The molecule has 5 heteroatoms. The lowest BCUT2D eigenvalue weighted by molar-refractivity contribution is 0.188. The molecule has 0 aliphatic heterocycles. The zero-order chi connectivity index (χ0) is 13.9. The molecule has 4 nitrogen and oxygen atoms in total. The first-order chi connectivity index (χ1) is 8.21. The smallest absolute Gasteiger partial charge is 0.137 e. The summed E-state index contributed by atoms with van der Waals surface area (Å²) in [5, 5.41) is 12.9. The van der Waals surface area contributed by atoms with Crippen LogP contribution in [0.5, 0.6) is 0 Å². The highest BCUT2D eigenvalue weighted by Crippen LogP contribution is 2.25. The van der Waals surface area contributed by atoms with Crippen molar-refractivity contribution in [1.82, 2.24) is 9.97 Å². The van der Waals surface area contributed by atoms with Crippen molar-refractivity contribution in [2.75, 3.05) is 11.9 Å². The zero-order valence-corrected chi connectivity index (χ0v) is 12.5. The monoisotopic (exact) mass is 271 g/mol. The zero-order valence-electron chi connectivity index (χ0n) is 11.7. The standard InChI is InChI=1S/C13H22ClN3O/c1-8(18)6-7-15-11-9(2)10(14)16-12(17-11)13(3,4)5/h8,18H,6-7H2,1-5H3,(H,15,16,17). The second-order valence-electron chi connectivity index (χ2n) is 5.63. The molecule has 2 N–H and O–H groups in total. The number of halogens is 1. The average molecular weight is 272 g/mol. The number of hydrogen-bond donors (Lipinski definition) is 2. The summed E-state index contributed by atoms with van der Waals surface area (Å²) in [5.41, 5.74) is 0.702. The molecule has 1 unspecified atom stereocenters. The largest absolute Gasteiger partial charge is 0.393 e. The summed E-state index contributed by atoms with van der Waals surface area (Å²) in [5.74, 6) is 1.47. The number of aromatic nitrogens is 2. The molecule has 1 rings (SSSR count). The van der Waals surface area contributed by atoms with E-state index in [0.29, 0.717) is 18.1 Å². The summed E-state index contributed by atoms with van der Waals surface area (Å²) < 4.78 is 0. The van der Waals surface area contributed by atoms with Gasteiger partial charge in [0.1, 0.15) is 16.8 Å². The minimum atomic E-state index is -0.322. The molecule has 0 bridgehead atoms. The molecule has 0 radical (unpaired) electrons. The predicted molar refractivity (Wildman–Crippen MR) is 75.3 cm³/mol. The second kappa shape index (κ2) is 5.85. The highest BCUT2D eigenvalue weighted by molar-refractivity contribution is 6.30. The topological polar surface area (TPSA) is 58.0 Å². The fourth-order valence-corrected chi connectivity index (χ4v) is 1.57. The Morgan fingerprint density at radius 3 is 2.44 bits per heavy atom. The van der Waals surface area contributed by atoms with Crippen LogP contribution in [-0.4, -0.2) is 27.7 Å². The molecule has 102 valence electrons. The molecule has 0 amide bonds. The van der Waals surface area contributed by atoms with Gasteiger partial charge in [0.2, 0.25) is 0 Å². The lowest BCUT2D eigenvalue weighted by Gasteiger charge is -2.19. The summed E-state index contributed by atoms with van der Waals surface area (Å²) in [4.78, 5) is 8.83. The highest BCUT2D eigenvalue weighted by Gasteiger charge is 2.20. The minimum absolute atomic E-state index is 0.141. The van der Waals surface area contributed by atoms with Crippen molar-refractivity contribution in [1.29, 1.82) is 0 Å². The maximum Gasteiger partial charge on any atom is 0.137 e. The van der Waals surface area contributed by atoms with Gasteiger partial charge in [-0.2, -0.15) is 0 Å². The number of nitrogens with one attached hydrogen (secondary N) is 1. The van der Waals surface area contributed by atoms with Crippen molar-refractivity contribution >= 4 is 17.4 Å². The van der Waals surface area contributed by atoms with Crippen molar-refractivity contribution in [2.45, 2.75) is 52.6 Å². The van der Waals surface area contributed by atoms with Crippen LogP contribution in [0.3, 0.4) is 0 Å². The van der Waals surface area contributed by atoms with Gasteiger partial charge in [0.05, 0.1) is 6.10 Å². The molecular formula is C13H22ClN3O. The third kappa shape index (κ3) is 4.10. The molecule has 0 saturated carbocycles. The van der Waals surface area contributed by atoms with Crippen molar-refractivity contribution in [3.8, 4) is 0 Å². The average Bonchev–Trinajstić information content (AvgIpc) is 2.22. The summed E-state index contributed by atoms with van der Waals surface area (Å²) in [6.07, 6.45) is 0.350. The molecule has 0 spiro atoms. The van der Waals surface area contributed by atoms with Crippen LogP contribution < -0.4 is 5.32 Å². The molecule has 0 aliphatic rings. The van der Waals surface area contributed by atoms with Gasteiger partial charge in [0.15, 0.2) is 0 Å². The predicted octanol–water partition coefficient (Wildman–Crippen LogP) is 2.92. The van der Waals surface area contributed by atoms with E-state index < -0.39 is 0 Å². The Bertz CT molecular complexity index is 413. The number of rotatable bonds is 4. The summed E-state index contributed by atoms with van der Waals surface area (Å²) in [6, 6.07) is 0. The van der Waals surface area contributed by atoms with E-state index >= 15 is 0 Å². The highest BCUT2D eigenvalue weighted by atomic mass is 35.5. The normalized spacial score (nSPS) is 13.5. The lowest BCUT2D eigenvalue weighted by atomic mass is 9.95. The molecule has 1 aromatic heterocycles. The lowest BCUT2D eigenvalue weighted by Crippen LogP contribution is -2.19. The molecule has 1 atom stereocenters. The van der Waals surface area contributed by atoms with E-state index in [1.807, 2.05) is 27.7 Å². The maximum absolute atomic E-state index is 9.24. The van der Waals surface area contributed by atoms with E-state index in [4.69, 9.17) is 11.6 Å². The Morgan fingerprint density at radius 2 is 1.94 bits per heavy atom. The van der Waals surface area contributed by atoms with Crippen molar-refractivity contribution in [3.63, 3.8) is 0 Å². The third-order valence-electron chi connectivity index (χ3n) is 2.61. The van der Waals surface area contributed by atoms with Crippen LogP contribution in [0.1, 0.15) is 45.5 Å². The van der Waals surface area contributed by atoms with Crippen LogP contribution in [0.25, 0.3) is 0 Å². The first-order valence-corrected chi connectivity index (χ1v) is 6.56. The molecule has 1 heterocycles. The number of nitrogens with zero attached hydrogens (tertiary/aromatic N) is 2. The molecule has 0 aliphatic carbocycles. The first-order valence-electron chi connectivity index (χ1n) is 6.18. The van der Waals surface area contributed by atoms with E-state index in [-0.39, 0.29) is 11.5 Å². The van der Waals surface area contributed by atoms with Crippen LogP contribution in [0, 0.1) is 6.92 Å². The summed E-state index contributed by atoms with van der Waals surface area (Å²) >= 11 is 6.13. The van der Waals surface area contributed by atoms with Gasteiger partial charge in [0.25, 0.3) is 0 Å². The Kier molecular flexibility index (Phi) is 4.93. The molecule has 18 heavy (non-hydrogen) atoms. The van der Waals surface area contributed by atoms with Gasteiger partial charge < -0.3 is 10.4 Å². The first kappa shape index (κ1) is 15.2. The Labute approximate surface area is 114 Å². The molecule has 0 aromatic carbocycles. The van der Waals surface area contributed by atoms with Crippen LogP contribution in [0.4, 0.5) is 5.82 Å². The van der Waals surface area contributed by atoms with E-state index in [9.17, 15) is 5.11 Å². The van der Waals surface area contributed by atoms with Crippen molar-refractivity contribution in [3.05, 3.63) is 16.5 Å². The number of hydrogen-bond acceptors (Lipinski definition) is 4. The molecule has 0 fully saturated rings. The summed E-state index contributed by atoms with van der Waals surface area (Å²) in [6.45, 7) is 10.5. The number of aliphatic hydroxyl groups is 1. The van der Waals surface area contributed by atoms with Gasteiger partial charge >= 0.3 is 0 Å². The summed E-state index contributed by atoms with van der Waals surface area (Å²) in [7, 11) is 0. The van der Waals surface area contributed by atoms with Crippen LogP contribution in [0.15, 0.2) is 0 Å². The van der Waals surface area contributed by atoms with Crippen molar-refractivity contribution in [2.24, 2.45) is 0 Å². The van der Waals surface area contributed by atoms with Gasteiger partial charge in [0, 0.05) is 17.5 Å². The SMILES string of the molecule is Cc1c(Cl)nc(C(C)(C)C)nc1NCCC(C)O. The van der Waals surface area contributed by atoms with Gasteiger partial charge in [-0.3, -0.25) is 0 Å². The van der Waals surface area contributed by atoms with Crippen LogP contribution in [-0.2, 0) is 5.41 Å². The van der Waals surface area contributed by atoms with Gasteiger partial charge in [-0.25, -0.2) is 9.97 Å². The Hall–Kier alpha value is -0.870. The van der Waals surface area contributed by atoms with Gasteiger partial charge in [-0.1, -0.05) is 32.4 Å². The Balaban J connectivity index is 2.93. The number of aliphatic hydroxyl groups excluding tert-OH is 1. The Morgan fingerprint density at radius 1 is 1.33 bits per heavy atom. The fourth-order valence-electron chi connectivity index (χ4n) is 1.40. The number of anilines is 1. The van der Waals surface area contributed by atoms with E-state index in [1.54, 1.807) is 6.92 Å². The molecular weight excluding hydrogens is 250 g/mol. The van der Waals surface area contributed by atoms with E-state index in [1.165, 1.54) is 0 Å². The van der Waals surface area contributed by atoms with Gasteiger partial charge in [-0.05, 0) is 20.3 Å². The van der Waals surface area contributed by atoms with Gasteiger partial charge in [-0.15, -0.1) is 0 Å². The van der Waals surface area contributed by atoms with Crippen molar-refractivity contribution < 1.29 is 5.11 Å². The minimum Gasteiger partial charge on any atom is -0.393 e. The maximum atomic E-state index is 9.24. The van der Waals surface area contributed by atoms with E-state index in [2.05, 4.69) is 15.3 Å². The van der Waals surface area contributed by atoms with Crippen LogP contribution >= 0.6 is 11.6 Å².